The van der Waals surface area contributed by atoms with Crippen molar-refractivity contribution in [2.45, 2.75) is 0 Å². The monoisotopic (exact) mass is 147 g/mol. The average Bonchev–Trinajstić information content (AvgIpc) is 2.04. The molecule has 11 heavy (non-hydrogen) atoms. The Morgan fingerprint density at radius 1 is 1.36 bits per heavy atom. The van der Waals surface area contributed by atoms with Crippen LogP contribution < -0.4 is 5.73 Å². The molecule has 54 valence electrons. The van der Waals surface area contributed by atoms with Crippen molar-refractivity contribution in [2.75, 3.05) is 0 Å². The summed E-state index contributed by atoms with van der Waals surface area (Å²) in [6.07, 6.45) is 1.59. The van der Waals surface area contributed by atoms with Crippen LogP contribution in [0.4, 0.5) is 0 Å². The van der Waals surface area contributed by atoms with Crippen molar-refractivity contribution in [3.8, 4) is 0 Å². The van der Waals surface area contributed by atoms with Crippen LogP contribution in [0.2, 0.25) is 0 Å². The number of hydrogen-bond acceptors (Lipinski definition) is 2. The van der Waals surface area contributed by atoms with E-state index in [4.69, 9.17) is 5.73 Å². The fourth-order valence-electron chi connectivity index (χ4n) is 0.770. The zero-order valence-electron chi connectivity index (χ0n) is 5.63. The summed E-state index contributed by atoms with van der Waals surface area (Å²) >= 11 is 0. The highest BCUT2D eigenvalue weighted by atomic mass is 16.1. The molecule has 1 N–H and O–H groups in total. The lowest BCUT2D eigenvalue weighted by atomic mass is 10.1. The number of benzene rings is 1. The minimum Gasteiger partial charge on any atom is -0.285 e. The standard InChI is InChI=1S/C8H5NO2/c9-8(11)7-4-2-1-3-6(7)5-10/h1-4,9H. The van der Waals surface area contributed by atoms with Gasteiger partial charge in [0.05, 0.1) is 5.56 Å². The maximum Gasteiger partial charge on any atom is 0.270 e. The Bertz CT molecular complexity index is 294. The molecule has 2 radical (unpaired) electrons. The second-order valence-corrected chi connectivity index (χ2v) is 1.98. The Hall–Kier alpha value is -1.64. The van der Waals surface area contributed by atoms with Crippen LogP contribution in [0.25, 0.3) is 0 Å². The lowest BCUT2D eigenvalue weighted by molar-refractivity contribution is 0.0992. The van der Waals surface area contributed by atoms with Gasteiger partial charge in [-0.2, -0.15) is 0 Å². The van der Waals surface area contributed by atoms with Crippen molar-refractivity contribution in [1.82, 2.24) is 5.73 Å². The van der Waals surface area contributed by atoms with Gasteiger partial charge in [0.2, 0.25) is 6.29 Å². The Balaban J connectivity index is 3.22. The summed E-state index contributed by atoms with van der Waals surface area (Å²) in [5.41, 5.74) is 6.99. The van der Waals surface area contributed by atoms with Gasteiger partial charge in [-0.05, 0) is 6.07 Å². The van der Waals surface area contributed by atoms with Crippen LogP contribution in [0.3, 0.4) is 0 Å². The van der Waals surface area contributed by atoms with Crippen molar-refractivity contribution in [3.63, 3.8) is 0 Å². The van der Waals surface area contributed by atoms with Gasteiger partial charge in [-0.25, -0.2) is 0 Å². The summed E-state index contributed by atoms with van der Waals surface area (Å²) in [4.78, 5) is 20.7. The smallest absolute Gasteiger partial charge is 0.270 e. The van der Waals surface area contributed by atoms with E-state index in [1.165, 1.54) is 12.1 Å². The number of amides is 1. The van der Waals surface area contributed by atoms with E-state index in [9.17, 15) is 9.59 Å². The first-order chi connectivity index (χ1) is 5.25. The fourth-order valence-corrected chi connectivity index (χ4v) is 0.770. The Morgan fingerprint density at radius 2 is 2.00 bits per heavy atom. The first-order valence-electron chi connectivity index (χ1n) is 2.99. The molecule has 0 unspecified atom stereocenters. The van der Waals surface area contributed by atoms with Gasteiger partial charge < -0.3 is 0 Å². The number of carbonyl (C=O) groups excluding carboxylic acids is 2. The third-order valence-electron chi connectivity index (χ3n) is 1.28. The van der Waals surface area contributed by atoms with Crippen molar-refractivity contribution < 1.29 is 9.59 Å². The molecule has 0 saturated heterocycles. The van der Waals surface area contributed by atoms with Gasteiger partial charge in [0, 0.05) is 5.56 Å². The van der Waals surface area contributed by atoms with E-state index in [0.717, 1.165) is 0 Å². The molecule has 1 aromatic rings. The van der Waals surface area contributed by atoms with E-state index in [-0.39, 0.29) is 11.1 Å². The van der Waals surface area contributed by atoms with Crippen LogP contribution >= 0.6 is 0 Å². The molecular weight excluding hydrogens is 142 g/mol. The lowest BCUT2D eigenvalue weighted by Crippen LogP contribution is -2.02. The maximum absolute atomic E-state index is 10.5. The quantitative estimate of drug-likeness (QED) is 0.613. The average molecular weight is 147 g/mol. The maximum atomic E-state index is 10.5. The van der Waals surface area contributed by atoms with E-state index < -0.39 is 5.91 Å². The Kier molecular flexibility index (Phi) is 2.01. The third kappa shape index (κ3) is 1.43. The molecule has 1 aromatic carbocycles. The van der Waals surface area contributed by atoms with Crippen LogP contribution in [0.15, 0.2) is 24.3 Å². The van der Waals surface area contributed by atoms with Gasteiger partial charge in [-0.1, -0.05) is 18.2 Å². The van der Waals surface area contributed by atoms with E-state index in [1.54, 1.807) is 18.4 Å². The van der Waals surface area contributed by atoms with Gasteiger partial charge in [0.1, 0.15) is 0 Å². The van der Waals surface area contributed by atoms with E-state index in [2.05, 4.69) is 0 Å². The molecule has 0 spiro atoms. The van der Waals surface area contributed by atoms with Crippen molar-refractivity contribution in [2.24, 2.45) is 0 Å². The minimum absolute atomic E-state index is 0.0995. The second kappa shape index (κ2) is 2.96. The predicted molar refractivity (Wildman–Crippen MR) is 38.7 cm³/mol. The van der Waals surface area contributed by atoms with Gasteiger partial charge in [-0.3, -0.25) is 15.3 Å². The largest absolute Gasteiger partial charge is 0.285 e. The van der Waals surface area contributed by atoms with Gasteiger partial charge in [-0.15, -0.1) is 0 Å². The molecule has 0 saturated carbocycles. The number of carbonyl (C=O) groups is 1. The molecule has 0 aliphatic heterocycles. The Labute approximate surface area is 63.8 Å². The molecule has 1 amide bonds. The van der Waals surface area contributed by atoms with Crippen LogP contribution in [0, 0.1) is 0 Å². The summed E-state index contributed by atoms with van der Waals surface area (Å²) < 4.78 is 0. The summed E-state index contributed by atoms with van der Waals surface area (Å²) in [6.45, 7) is 0. The molecule has 0 aliphatic carbocycles. The van der Waals surface area contributed by atoms with Crippen LogP contribution in [0.1, 0.15) is 15.9 Å². The molecule has 0 bridgehead atoms. The molecule has 0 aromatic heterocycles. The van der Waals surface area contributed by atoms with Crippen LogP contribution in [-0.2, 0) is 4.79 Å². The highest BCUT2D eigenvalue weighted by Crippen LogP contribution is 2.04. The molecule has 1 rings (SSSR count). The van der Waals surface area contributed by atoms with Crippen LogP contribution in [-0.4, -0.2) is 12.2 Å². The SMILES string of the molecule is [NH]C(=O)c1ccccc1[C]=O. The molecule has 0 fully saturated rings. The normalized spacial score (nSPS) is 9.09. The Morgan fingerprint density at radius 3 is 2.45 bits per heavy atom. The predicted octanol–water partition coefficient (Wildman–Crippen LogP) is 0.567. The van der Waals surface area contributed by atoms with Crippen LogP contribution in [0.5, 0.6) is 0 Å². The molecular formula is C8H5NO2. The summed E-state index contributed by atoms with van der Waals surface area (Å²) in [5, 5.41) is 0. The summed E-state index contributed by atoms with van der Waals surface area (Å²) in [7, 11) is 0. The first-order valence-corrected chi connectivity index (χ1v) is 2.99. The van der Waals surface area contributed by atoms with Crippen molar-refractivity contribution >= 4 is 12.2 Å². The molecule has 0 atom stereocenters. The summed E-state index contributed by atoms with van der Waals surface area (Å²) in [6, 6.07) is 6.10. The van der Waals surface area contributed by atoms with Crippen molar-refractivity contribution in [1.29, 1.82) is 0 Å². The van der Waals surface area contributed by atoms with E-state index >= 15 is 0 Å². The van der Waals surface area contributed by atoms with Gasteiger partial charge >= 0.3 is 0 Å². The minimum atomic E-state index is -0.857. The molecule has 3 nitrogen and oxygen atoms in total. The number of rotatable bonds is 2. The lowest BCUT2D eigenvalue weighted by Gasteiger charge is -1.94. The summed E-state index contributed by atoms with van der Waals surface area (Å²) in [5.74, 6) is -0.857. The topological polar surface area (TPSA) is 57.9 Å². The van der Waals surface area contributed by atoms with Gasteiger partial charge in [0.25, 0.3) is 5.91 Å². The zero-order valence-corrected chi connectivity index (χ0v) is 5.63. The highest BCUT2D eigenvalue weighted by molar-refractivity contribution is 6.00. The third-order valence-corrected chi connectivity index (χ3v) is 1.28. The molecule has 0 heterocycles. The molecule has 0 aliphatic rings. The first kappa shape index (κ1) is 7.47. The molecule has 3 heteroatoms. The van der Waals surface area contributed by atoms with E-state index in [1.807, 2.05) is 0 Å². The van der Waals surface area contributed by atoms with Gasteiger partial charge in [0.15, 0.2) is 0 Å². The number of nitrogens with one attached hydrogen (secondary N) is 1. The zero-order chi connectivity index (χ0) is 8.27. The van der Waals surface area contributed by atoms with Crippen molar-refractivity contribution in [3.05, 3.63) is 35.4 Å². The number of hydrogen-bond donors (Lipinski definition) is 0. The second-order valence-electron chi connectivity index (χ2n) is 1.98. The van der Waals surface area contributed by atoms with E-state index in [0.29, 0.717) is 0 Å². The fraction of sp³-hybridized carbons (Fsp3) is 0. The highest BCUT2D eigenvalue weighted by Gasteiger charge is 2.05.